The largest absolute Gasteiger partial charge is 0.487 e. The molecule has 0 aliphatic heterocycles. The van der Waals surface area contributed by atoms with Crippen LogP contribution in [0.4, 0.5) is 28.4 Å². The number of carbonyl (C=O) groups excluding carboxylic acids is 1. The van der Waals surface area contributed by atoms with Gasteiger partial charge >= 0.3 is 6.18 Å². The zero-order valence-electron chi connectivity index (χ0n) is 19.7. The molecule has 4 rings (SSSR count). The number of hydrogen-bond donors (Lipinski definition) is 2. The van der Waals surface area contributed by atoms with E-state index < -0.39 is 17.6 Å². The molecule has 3 aromatic carbocycles. The summed E-state index contributed by atoms with van der Waals surface area (Å²) >= 11 is 5.41. The van der Waals surface area contributed by atoms with Crippen molar-refractivity contribution in [3.63, 3.8) is 0 Å². The van der Waals surface area contributed by atoms with Crippen LogP contribution in [0.1, 0.15) is 22.4 Å². The molecule has 0 aliphatic carbocycles. The second-order valence-corrected chi connectivity index (χ2v) is 11.2. The highest BCUT2D eigenvalue weighted by Gasteiger charge is 2.30. The van der Waals surface area contributed by atoms with Gasteiger partial charge in [-0.3, -0.25) is 4.79 Å². The van der Waals surface area contributed by atoms with Gasteiger partial charge in [0.2, 0.25) is 5.91 Å². The molecule has 0 unspecified atom stereocenters. The van der Waals surface area contributed by atoms with Crippen LogP contribution >= 0.6 is 56.5 Å². The normalized spacial score (nSPS) is 11.5. The van der Waals surface area contributed by atoms with Gasteiger partial charge in [0.25, 0.3) is 0 Å². The summed E-state index contributed by atoms with van der Waals surface area (Å²) in [6.45, 7) is 0.0932. The second-order valence-electron chi connectivity index (χ2n) is 8.01. The summed E-state index contributed by atoms with van der Waals surface area (Å²) in [6, 6.07) is 14.8. The van der Waals surface area contributed by atoms with Crippen LogP contribution in [0.3, 0.4) is 0 Å². The number of aromatic nitrogens is 1. The predicted octanol–water partition coefficient (Wildman–Crippen LogP) is 7.53. The van der Waals surface area contributed by atoms with E-state index in [-0.39, 0.29) is 24.5 Å². The van der Waals surface area contributed by atoms with Crippen molar-refractivity contribution < 1.29 is 27.1 Å². The Labute approximate surface area is 252 Å². The predicted molar refractivity (Wildman–Crippen MR) is 159 cm³/mol. The van der Waals surface area contributed by atoms with E-state index in [4.69, 9.17) is 4.74 Å². The van der Waals surface area contributed by atoms with E-state index in [0.29, 0.717) is 22.1 Å². The Hall–Kier alpha value is -2.79. The fraction of sp³-hybridized carbons (Fsp3) is 0.115. The Morgan fingerprint density at radius 1 is 1.08 bits per heavy atom. The van der Waals surface area contributed by atoms with Gasteiger partial charge in [0.1, 0.15) is 18.2 Å². The van der Waals surface area contributed by atoms with Gasteiger partial charge in [0, 0.05) is 16.6 Å². The van der Waals surface area contributed by atoms with Crippen molar-refractivity contribution in [3.05, 3.63) is 101 Å². The van der Waals surface area contributed by atoms with Crippen LogP contribution < -0.4 is 15.5 Å². The van der Waals surface area contributed by atoms with Gasteiger partial charge in [-0.2, -0.15) is 18.3 Å². The maximum atomic E-state index is 13.9. The lowest BCUT2D eigenvalue weighted by Crippen LogP contribution is -2.20. The molecule has 0 spiro atoms. The third kappa shape index (κ3) is 8.35. The number of halogens is 6. The Kier molecular flexibility index (Phi) is 9.76. The van der Waals surface area contributed by atoms with Crippen molar-refractivity contribution in [2.75, 3.05) is 5.32 Å². The van der Waals surface area contributed by atoms with Gasteiger partial charge in [-0.25, -0.2) is 14.8 Å². The van der Waals surface area contributed by atoms with Crippen molar-refractivity contribution in [3.8, 4) is 5.75 Å². The van der Waals surface area contributed by atoms with Crippen molar-refractivity contribution in [1.82, 2.24) is 10.4 Å². The number of nitrogens with zero attached hydrogens (tertiary/aromatic N) is 2. The van der Waals surface area contributed by atoms with E-state index in [2.05, 4.69) is 66.0 Å². The molecule has 13 heteroatoms. The van der Waals surface area contributed by atoms with E-state index in [9.17, 15) is 22.4 Å². The minimum absolute atomic E-state index is 0.0595. The van der Waals surface area contributed by atoms with Crippen LogP contribution in [0, 0.1) is 13.0 Å². The minimum atomic E-state index is -4.44. The molecular formula is C26H18F4I2N4O2S. The molecule has 6 nitrogen and oxygen atoms in total. The average molecular weight is 780 g/mol. The van der Waals surface area contributed by atoms with Crippen molar-refractivity contribution >= 4 is 79.5 Å². The van der Waals surface area contributed by atoms with Gasteiger partial charge in [-0.05, 0) is 87.1 Å². The number of carbonyl (C=O) groups is 1. The van der Waals surface area contributed by atoms with Gasteiger partial charge in [-0.15, -0.1) is 11.3 Å². The van der Waals surface area contributed by atoms with E-state index in [0.717, 1.165) is 24.8 Å². The number of rotatable bonds is 9. The maximum Gasteiger partial charge on any atom is 0.416 e. The Bertz CT molecular complexity index is 1490. The number of benzene rings is 3. The number of hydrogen-bond acceptors (Lipinski definition) is 6. The molecular weight excluding hydrogens is 762 g/mol. The summed E-state index contributed by atoms with van der Waals surface area (Å²) in [4.78, 5) is 16.6. The van der Waals surface area contributed by atoms with Crippen molar-refractivity contribution in [1.29, 1.82) is 0 Å². The number of hydrazone groups is 1. The Balaban J connectivity index is 1.30. The fourth-order valence-electron chi connectivity index (χ4n) is 3.28. The lowest BCUT2D eigenvalue weighted by Gasteiger charge is -2.12. The molecule has 0 aliphatic rings. The zero-order valence-corrected chi connectivity index (χ0v) is 24.9. The third-order valence-electron chi connectivity index (χ3n) is 5.09. The number of alkyl halides is 3. The van der Waals surface area contributed by atoms with E-state index in [1.807, 2.05) is 12.1 Å². The first-order valence-electron chi connectivity index (χ1n) is 11.1. The van der Waals surface area contributed by atoms with Crippen molar-refractivity contribution in [2.24, 2.45) is 5.10 Å². The van der Waals surface area contributed by atoms with Crippen LogP contribution in [0.15, 0.2) is 71.1 Å². The molecule has 1 aromatic heterocycles. The summed E-state index contributed by atoms with van der Waals surface area (Å²) in [5, 5.41) is 8.83. The monoisotopic (exact) mass is 780 g/mol. The smallest absolute Gasteiger partial charge is 0.416 e. The first-order chi connectivity index (χ1) is 18.6. The van der Waals surface area contributed by atoms with Crippen LogP contribution in [-0.4, -0.2) is 17.1 Å². The lowest BCUT2D eigenvalue weighted by atomic mass is 10.2. The standard InChI is InChI=1S/C26H18F4I2N4O2S/c27-20-7-2-1-4-16(20)13-38-24-21(31)8-15(9-22(24)32)12-33-36-23(37)11-19-14-39-25(35-19)34-18-6-3-5-17(10-18)26(28,29)30/h1-10,12,14H,11,13H2,(H,34,35)(H,36,37)/b33-12-. The Morgan fingerprint density at radius 2 is 1.82 bits per heavy atom. The first kappa shape index (κ1) is 29.2. The maximum absolute atomic E-state index is 13.9. The molecule has 1 heterocycles. The number of amides is 1. The summed E-state index contributed by atoms with van der Waals surface area (Å²) in [5.41, 5.74) is 3.54. The highest BCUT2D eigenvalue weighted by Crippen LogP contribution is 2.32. The van der Waals surface area contributed by atoms with Crippen LogP contribution in [0.25, 0.3) is 0 Å². The summed E-state index contributed by atoms with van der Waals surface area (Å²) in [5.74, 6) is -0.113. The van der Waals surface area contributed by atoms with Gasteiger partial charge in [0.15, 0.2) is 5.13 Å². The van der Waals surface area contributed by atoms with Gasteiger partial charge in [0.05, 0.1) is 31.0 Å². The number of thiazole rings is 1. The number of anilines is 2. The summed E-state index contributed by atoms with van der Waals surface area (Å²) in [7, 11) is 0. The van der Waals surface area contributed by atoms with E-state index >= 15 is 0 Å². The quantitative estimate of drug-likeness (QED) is 0.0798. The number of nitrogens with one attached hydrogen (secondary N) is 2. The molecule has 0 saturated heterocycles. The van der Waals surface area contributed by atoms with Gasteiger partial charge in [-0.1, -0.05) is 24.3 Å². The minimum Gasteiger partial charge on any atom is -0.487 e. The molecule has 202 valence electrons. The lowest BCUT2D eigenvalue weighted by molar-refractivity contribution is -0.137. The molecule has 1 amide bonds. The van der Waals surface area contributed by atoms with E-state index in [1.165, 1.54) is 35.8 Å². The molecule has 39 heavy (non-hydrogen) atoms. The highest BCUT2D eigenvalue weighted by atomic mass is 127. The SMILES string of the molecule is O=C(Cc1csc(Nc2cccc(C(F)(F)F)c2)n1)N/N=C\c1cc(I)c(OCc2ccccc2F)c(I)c1. The van der Waals surface area contributed by atoms with Crippen LogP contribution in [-0.2, 0) is 24.0 Å². The van der Waals surface area contributed by atoms with Crippen molar-refractivity contribution in [2.45, 2.75) is 19.2 Å². The number of ether oxygens (including phenoxy) is 1. The molecule has 0 saturated carbocycles. The fourth-order valence-corrected chi connectivity index (χ4v) is 6.14. The molecule has 0 atom stereocenters. The van der Waals surface area contributed by atoms with Crippen LogP contribution in [0.5, 0.6) is 5.75 Å². The topological polar surface area (TPSA) is 75.6 Å². The zero-order chi connectivity index (χ0) is 28.0. The Morgan fingerprint density at radius 3 is 2.54 bits per heavy atom. The molecule has 0 bridgehead atoms. The molecule has 0 radical (unpaired) electrons. The molecule has 0 fully saturated rings. The average Bonchev–Trinajstić information content (AvgIpc) is 3.30. The molecule has 2 N–H and O–H groups in total. The highest BCUT2D eigenvalue weighted by molar-refractivity contribution is 14.1. The van der Waals surface area contributed by atoms with Gasteiger partial charge < -0.3 is 10.1 Å². The van der Waals surface area contributed by atoms with E-state index in [1.54, 1.807) is 23.6 Å². The van der Waals surface area contributed by atoms with Crippen LogP contribution in [0.2, 0.25) is 0 Å². The second kappa shape index (κ2) is 13.0. The summed E-state index contributed by atoms with van der Waals surface area (Å²) in [6.07, 6.45) is -3.01. The molecule has 4 aromatic rings. The third-order valence-corrected chi connectivity index (χ3v) is 7.50. The first-order valence-corrected chi connectivity index (χ1v) is 14.2. The summed E-state index contributed by atoms with van der Waals surface area (Å²) < 4.78 is 60.0.